The van der Waals surface area contributed by atoms with Gasteiger partial charge in [0.15, 0.2) is 0 Å². The highest BCUT2D eigenvalue weighted by molar-refractivity contribution is 7.64. The quantitative estimate of drug-likeness (QED) is 0.677. The second-order valence-corrected chi connectivity index (χ2v) is 6.86. The van der Waals surface area contributed by atoms with Crippen molar-refractivity contribution in [3.63, 3.8) is 0 Å². The van der Waals surface area contributed by atoms with Gasteiger partial charge in [0.05, 0.1) is 0 Å². The number of ether oxygens (including phenoxy) is 1. The van der Waals surface area contributed by atoms with E-state index >= 15 is 0 Å². The molecule has 2 unspecified atom stereocenters. The van der Waals surface area contributed by atoms with Crippen LogP contribution in [0.5, 0.6) is 0 Å². The topological polar surface area (TPSA) is 27.7 Å². The Labute approximate surface area is 102 Å². The molecule has 0 saturated carbocycles. The second kappa shape index (κ2) is 10.3. The van der Waals surface area contributed by atoms with E-state index in [2.05, 4.69) is 31.8 Å². The molecule has 2 atom stereocenters. The van der Waals surface area contributed by atoms with Crippen LogP contribution in [-0.2, 0) is 13.8 Å². The van der Waals surface area contributed by atoms with Crippen LogP contribution >= 0.6 is 7.34 Å². The molecule has 100 valence electrons. The zero-order valence-electron chi connectivity index (χ0n) is 11.9. The molecule has 0 heterocycles. The van der Waals surface area contributed by atoms with Gasteiger partial charge in [0, 0.05) is 34.6 Å². The van der Waals surface area contributed by atoms with Gasteiger partial charge in [0.25, 0.3) is 0 Å². The first kappa shape index (κ1) is 18.5. The molecule has 16 heavy (non-hydrogen) atoms. The third-order valence-electron chi connectivity index (χ3n) is 2.85. The lowest BCUT2D eigenvalue weighted by molar-refractivity contribution is 0.277. The van der Waals surface area contributed by atoms with Crippen LogP contribution in [0.15, 0.2) is 0 Å². The summed E-state index contributed by atoms with van der Waals surface area (Å²) < 4.78 is 14.9. The van der Waals surface area contributed by atoms with Crippen LogP contribution in [-0.4, -0.2) is 40.9 Å². The smallest absolute Gasteiger partial charge is 0.116 e. The van der Waals surface area contributed by atoms with Crippen molar-refractivity contribution in [1.29, 1.82) is 0 Å². The number of rotatable bonds is 6. The van der Waals surface area contributed by atoms with Crippen molar-refractivity contribution in [2.24, 2.45) is 11.8 Å². The Morgan fingerprint density at radius 3 is 1.62 bits per heavy atom. The van der Waals surface area contributed by atoms with Crippen LogP contribution in [0.4, 0.5) is 0 Å². The number of hydrogen-bond acceptors (Lipinski definition) is 3. The highest BCUT2D eigenvalue weighted by Gasteiger charge is 2.20. The Hall–Kier alpha value is 0.180. The van der Waals surface area contributed by atoms with Gasteiger partial charge in [0.2, 0.25) is 0 Å². The van der Waals surface area contributed by atoms with Crippen molar-refractivity contribution in [2.75, 3.05) is 34.6 Å². The maximum Gasteiger partial charge on any atom is 0.116 e. The largest absolute Gasteiger partial charge is 0.388 e. The van der Waals surface area contributed by atoms with E-state index in [9.17, 15) is 0 Å². The van der Waals surface area contributed by atoms with Gasteiger partial charge in [-0.3, -0.25) is 0 Å². The van der Waals surface area contributed by atoms with Gasteiger partial charge < -0.3 is 13.8 Å². The van der Waals surface area contributed by atoms with Gasteiger partial charge in [-0.25, -0.2) is 0 Å². The van der Waals surface area contributed by atoms with E-state index in [4.69, 9.17) is 9.05 Å². The van der Waals surface area contributed by atoms with Crippen LogP contribution in [0.2, 0.25) is 0 Å². The van der Waals surface area contributed by atoms with E-state index in [0.717, 1.165) is 6.16 Å². The molecule has 0 fully saturated rings. The summed E-state index contributed by atoms with van der Waals surface area (Å²) in [5.74, 6) is 1.34. The average molecular weight is 252 g/mol. The van der Waals surface area contributed by atoms with E-state index in [1.165, 1.54) is 6.42 Å². The SMILES string of the molecule is C=P(CC(C)C(C)CC)(OC)OC.COC. The van der Waals surface area contributed by atoms with Crippen molar-refractivity contribution in [2.45, 2.75) is 27.2 Å². The molecule has 0 aromatic heterocycles. The van der Waals surface area contributed by atoms with Crippen molar-refractivity contribution in [3.05, 3.63) is 0 Å². The molecule has 0 aromatic rings. The third kappa shape index (κ3) is 8.35. The minimum atomic E-state index is -1.80. The fourth-order valence-corrected chi connectivity index (χ4v) is 2.93. The Kier molecular flexibility index (Phi) is 12.0. The second-order valence-electron chi connectivity index (χ2n) is 4.13. The monoisotopic (exact) mass is 252 g/mol. The maximum atomic E-state index is 5.33. The molecule has 0 saturated heterocycles. The zero-order valence-corrected chi connectivity index (χ0v) is 12.8. The number of methoxy groups -OCH3 is 1. The summed E-state index contributed by atoms with van der Waals surface area (Å²) >= 11 is 0. The van der Waals surface area contributed by atoms with Crippen LogP contribution < -0.4 is 0 Å². The van der Waals surface area contributed by atoms with Crippen LogP contribution in [0.1, 0.15) is 27.2 Å². The average Bonchev–Trinajstić information content (AvgIpc) is 2.28. The lowest BCUT2D eigenvalue weighted by atomic mass is 9.96. The first-order chi connectivity index (χ1) is 7.40. The molecular formula is C12H29O3P. The van der Waals surface area contributed by atoms with Crippen molar-refractivity contribution in [3.8, 4) is 0 Å². The summed E-state index contributed by atoms with van der Waals surface area (Å²) in [5, 5.41) is 0. The third-order valence-corrected chi connectivity index (χ3v) is 5.31. The highest BCUT2D eigenvalue weighted by atomic mass is 31.2. The van der Waals surface area contributed by atoms with Crippen LogP contribution in [0.3, 0.4) is 0 Å². The lowest BCUT2D eigenvalue weighted by Crippen LogP contribution is -2.13. The van der Waals surface area contributed by atoms with Gasteiger partial charge in [-0.05, 0) is 11.8 Å². The molecule has 0 aliphatic heterocycles. The van der Waals surface area contributed by atoms with Gasteiger partial charge in [-0.1, -0.05) is 33.5 Å². The normalized spacial score (nSPS) is 14.9. The fourth-order valence-electron chi connectivity index (χ4n) is 1.24. The van der Waals surface area contributed by atoms with E-state index in [1.54, 1.807) is 28.4 Å². The summed E-state index contributed by atoms with van der Waals surface area (Å²) in [7, 11) is 4.82. The molecule has 0 radical (unpaired) electrons. The van der Waals surface area contributed by atoms with E-state index in [-0.39, 0.29) is 0 Å². The zero-order chi connectivity index (χ0) is 13.2. The maximum absolute atomic E-state index is 5.33. The summed E-state index contributed by atoms with van der Waals surface area (Å²) in [4.78, 5) is 0. The molecule has 0 aliphatic carbocycles. The summed E-state index contributed by atoms with van der Waals surface area (Å²) in [6, 6.07) is 0. The first-order valence-corrected chi connectivity index (χ1v) is 7.64. The van der Waals surface area contributed by atoms with Gasteiger partial charge in [0.1, 0.15) is 7.34 Å². The molecule has 0 amide bonds. The minimum absolute atomic E-state index is 0.621. The van der Waals surface area contributed by atoms with Crippen molar-refractivity contribution < 1.29 is 13.8 Å². The lowest BCUT2D eigenvalue weighted by Gasteiger charge is -2.26. The predicted molar refractivity (Wildman–Crippen MR) is 74.5 cm³/mol. The fraction of sp³-hybridized carbons (Fsp3) is 0.917. The van der Waals surface area contributed by atoms with Gasteiger partial charge in [-0.2, -0.15) is 0 Å². The highest BCUT2D eigenvalue weighted by Crippen LogP contribution is 2.48. The van der Waals surface area contributed by atoms with Crippen molar-refractivity contribution >= 4 is 13.6 Å². The standard InChI is InChI=1S/C10H23O2P.C2H6O/c1-7-9(2)10(3)8-13(6,11-4)12-5;1-3-2/h9-10H,6-8H2,1-5H3;1-2H3. The minimum Gasteiger partial charge on any atom is -0.388 e. The Morgan fingerprint density at radius 1 is 1.00 bits per heavy atom. The molecule has 3 nitrogen and oxygen atoms in total. The Bertz CT molecular complexity index is 187. The molecule has 0 N–H and O–H groups in total. The molecule has 4 heteroatoms. The van der Waals surface area contributed by atoms with Gasteiger partial charge >= 0.3 is 0 Å². The summed E-state index contributed by atoms with van der Waals surface area (Å²) in [6.07, 6.45) is 6.19. The van der Waals surface area contributed by atoms with Crippen molar-refractivity contribution in [1.82, 2.24) is 0 Å². The molecule has 0 spiro atoms. The predicted octanol–water partition coefficient (Wildman–Crippen LogP) is 3.50. The van der Waals surface area contributed by atoms with Crippen LogP contribution in [0.25, 0.3) is 0 Å². The molecule has 0 rings (SSSR count). The Morgan fingerprint density at radius 2 is 1.38 bits per heavy atom. The first-order valence-electron chi connectivity index (χ1n) is 5.64. The molecule has 0 aliphatic rings. The molecule has 0 aromatic carbocycles. The number of hydrogen-bond donors (Lipinski definition) is 0. The van der Waals surface area contributed by atoms with E-state index < -0.39 is 7.34 Å². The van der Waals surface area contributed by atoms with Gasteiger partial charge in [-0.15, -0.1) is 0 Å². The molecular weight excluding hydrogens is 223 g/mol. The Balaban J connectivity index is 0. The summed E-state index contributed by atoms with van der Waals surface area (Å²) in [6.45, 7) is 6.72. The summed E-state index contributed by atoms with van der Waals surface area (Å²) in [5.41, 5.74) is 0. The van der Waals surface area contributed by atoms with E-state index in [1.807, 2.05) is 0 Å². The molecule has 0 bridgehead atoms. The van der Waals surface area contributed by atoms with Crippen LogP contribution in [0, 0.1) is 11.8 Å². The van der Waals surface area contributed by atoms with E-state index in [0.29, 0.717) is 11.8 Å².